The van der Waals surface area contributed by atoms with Crippen molar-refractivity contribution in [1.82, 2.24) is 9.78 Å². The van der Waals surface area contributed by atoms with Gasteiger partial charge in [0, 0.05) is 0 Å². The van der Waals surface area contributed by atoms with E-state index in [1.807, 2.05) is 0 Å². The predicted molar refractivity (Wildman–Crippen MR) is 41.5 cm³/mol. The molecule has 0 aliphatic carbocycles. The van der Waals surface area contributed by atoms with Crippen LogP contribution in [0.4, 0.5) is 14.5 Å². The lowest BCUT2D eigenvalue weighted by atomic mass is 10.4. The number of carboxylic acid groups (broad SMARTS) is 1. The van der Waals surface area contributed by atoms with Crippen molar-refractivity contribution in [3.8, 4) is 0 Å². The van der Waals surface area contributed by atoms with Crippen molar-refractivity contribution in [2.45, 2.75) is 13.0 Å². The number of hydrogen-bond donors (Lipinski definition) is 1. The summed E-state index contributed by atoms with van der Waals surface area (Å²) in [6.07, 6.45) is -2.54. The van der Waals surface area contributed by atoms with Crippen LogP contribution in [0.2, 0.25) is 0 Å². The third-order valence-electron chi connectivity index (χ3n) is 1.55. The molecule has 82 valence electrons. The van der Waals surface area contributed by atoms with E-state index in [0.717, 1.165) is 0 Å². The van der Waals surface area contributed by atoms with Gasteiger partial charge in [-0.05, 0) is 0 Å². The number of nitro groups is 1. The van der Waals surface area contributed by atoms with Gasteiger partial charge in [0.25, 0.3) is 6.43 Å². The summed E-state index contributed by atoms with van der Waals surface area (Å²) < 4.78 is 25.1. The molecule has 15 heavy (non-hydrogen) atoms. The van der Waals surface area contributed by atoms with Crippen molar-refractivity contribution in [3.05, 3.63) is 22.0 Å². The summed E-state index contributed by atoms with van der Waals surface area (Å²) in [5.41, 5.74) is -1.88. The Hall–Kier alpha value is -2.06. The molecule has 0 aliphatic heterocycles. The molecule has 7 nitrogen and oxygen atoms in total. The van der Waals surface area contributed by atoms with Gasteiger partial charge < -0.3 is 5.11 Å². The Balaban J connectivity index is 3.17. The molecule has 0 spiro atoms. The van der Waals surface area contributed by atoms with E-state index >= 15 is 0 Å². The lowest BCUT2D eigenvalue weighted by Crippen LogP contribution is -2.13. The topological polar surface area (TPSA) is 98.3 Å². The minimum Gasteiger partial charge on any atom is -0.480 e. The second kappa shape index (κ2) is 3.98. The Morgan fingerprint density at radius 3 is 2.73 bits per heavy atom. The third kappa shape index (κ3) is 2.24. The van der Waals surface area contributed by atoms with Gasteiger partial charge in [0.1, 0.15) is 12.7 Å². The summed E-state index contributed by atoms with van der Waals surface area (Å²) >= 11 is 0. The zero-order chi connectivity index (χ0) is 11.6. The Bertz CT molecular complexity index is 403. The van der Waals surface area contributed by atoms with E-state index in [4.69, 9.17) is 5.11 Å². The van der Waals surface area contributed by atoms with Gasteiger partial charge in [-0.3, -0.25) is 14.9 Å². The maximum Gasteiger partial charge on any atom is 0.325 e. The number of carbonyl (C=O) groups is 1. The Morgan fingerprint density at radius 2 is 2.33 bits per heavy atom. The normalized spacial score (nSPS) is 10.6. The monoisotopic (exact) mass is 221 g/mol. The summed E-state index contributed by atoms with van der Waals surface area (Å²) in [6.45, 7) is -0.840. The largest absolute Gasteiger partial charge is 0.480 e. The molecule has 1 aromatic heterocycles. The van der Waals surface area contributed by atoms with Crippen molar-refractivity contribution >= 4 is 11.7 Å². The summed E-state index contributed by atoms with van der Waals surface area (Å²) in [5, 5.41) is 21.9. The van der Waals surface area contributed by atoms with Gasteiger partial charge in [-0.2, -0.15) is 5.10 Å². The van der Waals surface area contributed by atoms with Crippen molar-refractivity contribution in [2.75, 3.05) is 0 Å². The smallest absolute Gasteiger partial charge is 0.325 e. The molecule has 9 heteroatoms. The van der Waals surface area contributed by atoms with Crippen LogP contribution < -0.4 is 0 Å². The first-order valence-electron chi connectivity index (χ1n) is 3.63. The summed E-state index contributed by atoms with van der Waals surface area (Å²) in [5.74, 6) is -1.41. The van der Waals surface area contributed by atoms with Gasteiger partial charge in [-0.15, -0.1) is 0 Å². The highest BCUT2D eigenvalue weighted by Gasteiger charge is 2.28. The van der Waals surface area contributed by atoms with Crippen LogP contribution in [0.15, 0.2) is 6.20 Å². The zero-order valence-corrected chi connectivity index (χ0v) is 7.13. The van der Waals surface area contributed by atoms with Gasteiger partial charge in [-0.25, -0.2) is 13.5 Å². The van der Waals surface area contributed by atoms with Gasteiger partial charge >= 0.3 is 11.7 Å². The fraction of sp³-hybridized carbons (Fsp3) is 0.333. The molecule has 1 rings (SSSR count). The molecular weight excluding hydrogens is 216 g/mol. The second-order valence-electron chi connectivity index (χ2n) is 2.52. The lowest BCUT2D eigenvalue weighted by Gasteiger charge is -2.02. The number of carboxylic acids is 1. The van der Waals surface area contributed by atoms with E-state index in [0.29, 0.717) is 10.9 Å². The minimum absolute atomic E-state index is 0.394. The number of alkyl halides is 2. The Kier molecular flexibility index (Phi) is 2.93. The second-order valence-corrected chi connectivity index (χ2v) is 2.52. The average Bonchev–Trinajstić information content (AvgIpc) is 2.46. The number of aliphatic carboxylic acids is 1. The number of aromatic nitrogens is 2. The summed E-state index contributed by atoms with van der Waals surface area (Å²) in [4.78, 5) is 19.5. The van der Waals surface area contributed by atoms with E-state index in [-0.39, 0.29) is 0 Å². The lowest BCUT2D eigenvalue weighted by molar-refractivity contribution is -0.386. The van der Waals surface area contributed by atoms with Crippen molar-refractivity contribution in [3.63, 3.8) is 0 Å². The van der Waals surface area contributed by atoms with E-state index in [9.17, 15) is 23.7 Å². The molecular formula is C6H5F2N3O4. The van der Waals surface area contributed by atoms with Crippen molar-refractivity contribution in [1.29, 1.82) is 0 Å². The first-order valence-corrected chi connectivity index (χ1v) is 3.63. The molecule has 0 unspecified atom stereocenters. The predicted octanol–water partition coefficient (Wildman–Crippen LogP) is 0.813. The Labute approximate surface area is 81.1 Å². The van der Waals surface area contributed by atoms with E-state index < -0.39 is 35.2 Å². The van der Waals surface area contributed by atoms with Gasteiger partial charge in [0.2, 0.25) is 0 Å². The first-order chi connectivity index (χ1) is 6.93. The number of halogens is 2. The van der Waals surface area contributed by atoms with Crippen LogP contribution in [0.1, 0.15) is 12.1 Å². The fourth-order valence-corrected chi connectivity index (χ4v) is 1.00. The Morgan fingerprint density at radius 1 is 1.73 bits per heavy atom. The number of rotatable bonds is 4. The quantitative estimate of drug-likeness (QED) is 0.599. The number of hydrogen-bond acceptors (Lipinski definition) is 4. The van der Waals surface area contributed by atoms with E-state index in [1.54, 1.807) is 0 Å². The highest BCUT2D eigenvalue weighted by molar-refractivity contribution is 5.66. The molecule has 0 saturated heterocycles. The maximum atomic E-state index is 12.4. The first kappa shape index (κ1) is 11.0. The highest BCUT2D eigenvalue weighted by Crippen LogP contribution is 2.28. The minimum atomic E-state index is -3.15. The van der Waals surface area contributed by atoms with Gasteiger partial charge in [-0.1, -0.05) is 0 Å². The summed E-state index contributed by atoms with van der Waals surface area (Å²) in [6, 6.07) is 0. The van der Waals surface area contributed by atoms with Crippen LogP contribution >= 0.6 is 0 Å². The van der Waals surface area contributed by atoms with Gasteiger partial charge in [0.05, 0.1) is 4.92 Å². The van der Waals surface area contributed by atoms with Crippen LogP contribution in [0, 0.1) is 10.1 Å². The third-order valence-corrected chi connectivity index (χ3v) is 1.55. The zero-order valence-electron chi connectivity index (χ0n) is 7.13. The van der Waals surface area contributed by atoms with E-state index in [1.165, 1.54) is 0 Å². The average molecular weight is 221 g/mol. The highest BCUT2D eigenvalue weighted by atomic mass is 19.3. The molecule has 0 atom stereocenters. The maximum absolute atomic E-state index is 12.4. The summed E-state index contributed by atoms with van der Waals surface area (Å²) in [7, 11) is 0. The van der Waals surface area contributed by atoms with Crippen molar-refractivity contribution < 1.29 is 23.6 Å². The van der Waals surface area contributed by atoms with Crippen LogP contribution in [0.5, 0.6) is 0 Å². The van der Waals surface area contributed by atoms with Crippen molar-refractivity contribution in [2.24, 2.45) is 0 Å². The number of nitrogens with zero attached hydrogens (tertiary/aromatic N) is 3. The molecule has 1 heterocycles. The van der Waals surface area contributed by atoms with Crippen LogP contribution in [-0.4, -0.2) is 25.8 Å². The molecule has 1 N–H and O–H groups in total. The SMILES string of the molecule is O=C(O)Cn1ncc([N+](=O)[O-])c1C(F)F. The molecule has 0 radical (unpaired) electrons. The molecule has 0 aromatic carbocycles. The molecule has 0 fully saturated rings. The van der Waals surface area contributed by atoms with E-state index in [2.05, 4.69) is 5.10 Å². The molecule has 0 bridgehead atoms. The van der Waals surface area contributed by atoms with Crippen LogP contribution in [0.3, 0.4) is 0 Å². The van der Waals surface area contributed by atoms with Crippen LogP contribution in [-0.2, 0) is 11.3 Å². The van der Waals surface area contributed by atoms with Crippen LogP contribution in [0.25, 0.3) is 0 Å². The molecule has 0 saturated carbocycles. The van der Waals surface area contributed by atoms with Gasteiger partial charge in [0.15, 0.2) is 5.69 Å². The molecule has 0 aliphatic rings. The molecule has 1 aromatic rings. The standard InChI is InChI=1S/C6H5F2N3O4/c7-6(8)5-3(11(14)15)1-9-10(5)2-4(12)13/h1,6H,2H2,(H,12,13). The fourth-order valence-electron chi connectivity index (χ4n) is 1.00. The molecule has 0 amide bonds.